The van der Waals surface area contributed by atoms with E-state index in [4.69, 9.17) is 9.47 Å². The van der Waals surface area contributed by atoms with Crippen LogP contribution in [0.5, 0.6) is 11.5 Å². The number of ether oxygens (including phenoxy) is 2. The normalized spacial score (nSPS) is 13.9. The summed E-state index contributed by atoms with van der Waals surface area (Å²) in [7, 11) is 0. The van der Waals surface area contributed by atoms with Gasteiger partial charge in [0.05, 0.1) is 10.2 Å². The molecule has 5 nitrogen and oxygen atoms in total. The SMILES string of the molecule is CCSc1ccc(C(=O)N=c2sc3cc4c(cc3n2CC)OCCO4)cc1. The van der Waals surface area contributed by atoms with Crippen LogP contribution in [0.2, 0.25) is 0 Å². The van der Waals surface area contributed by atoms with Gasteiger partial charge in [-0.3, -0.25) is 4.79 Å². The molecule has 1 aromatic heterocycles. The van der Waals surface area contributed by atoms with Crippen LogP contribution in [0.15, 0.2) is 46.3 Å². The van der Waals surface area contributed by atoms with E-state index in [2.05, 4.69) is 11.9 Å². The summed E-state index contributed by atoms with van der Waals surface area (Å²) in [6, 6.07) is 11.6. The second-order valence-corrected chi connectivity index (χ2v) is 8.31. The average molecular weight is 401 g/mol. The molecule has 0 N–H and O–H groups in total. The number of carbonyl (C=O) groups is 1. The zero-order valence-corrected chi connectivity index (χ0v) is 16.9. The maximum atomic E-state index is 12.7. The molecule has 0 atom stereocenters. The Hall–Kier alpha value is -2.25. The highest BCUT2D eigenvalue weighted by molar-refractivity contribution is 7.99. The molecule has 140 valence electrons. The number of benzene rings is 2. The molecule has 27 heavy (non-hydrogen) atoms. The fraction of sp³-hybridized carbons (Fsp3) is 0.300. The molecule has 7 heteroatoms. The van der Waals surface area contributed by atoms with Gasteiger partial charge in [0.15, 0.2) is 16.3 Å². The first-order chi connectivity index (χ1) is 13.2. The highest BCUT2D eigenvalue weighted by atomic mass is 32.2. The van der Waals surface area contributed by atoms with Crippen LogP contribution < -0.4 is 14.3 Å². The first kappa shape index (κ1) is 18.1. The van der Waals surface area contributed by atoms with Gasteiger partial charge in [0.1, 0.15) is 13.2 Å². The molecule has 0 bridgehead atoms. The number of thiazole rings is 1. The van der Waals surface area contributed by atoms with E-state index in [0.29, 0.717) is 23.6 Å². The van der Waals surface area contributed by atoms with Gasteiger partial charge in [-0.1, -0.05) is 18.3 Å². The lowest BCUT2D eigenvalue weighted by molar-refractivity contribution is 0.0998. The molecule has 1 amide bonds. The summed E-state index contributed by atoms with van der Waals surface area (Å²) >= 11 is 3.24. The Morgan fingerprint density at radius 2 is 1.85 bits per heavy atom. The number of aryl methyl sites for hydroxylation is 1. The topological polar surface area (TPSA) is 52.8 Å². The molecule has 3 aromatic rings. The number of aromatic nitrogens is 1. The lowest BCUT2D eigenvalue weighted by atomic mass is 10.2. The van der Waals surface area contributed by atoms with Crippen LogP contribution >= 0.6 is 23.1 Å². The third kappa shape index (κ3) is 3.61. The van der Waals surface area contributed by atoms with Crippen molar-refractivity contribution < 1.29 is 14.3 Å². The minimum absolute atomic E-state index is 0.228. The van der Waals surface area contributed by atoms with Gasteiger partial charge in [-0.05, 0) is 36.9 Å². The Labute approximate surface area is 165 Å². The predicted octanol–water partition coefficient (Wildman–Crippen LogP) is 4.35. The molecule has 4 rings (SSSR count). The molecule has 2 aromatic carbocycles. The second-order valence-electron chi connectivity index (χ2n) is 5.97. The zero-order chi connectivity index (χ0) is 18.8. The van der Waals surface area contributed by atoms with Crippen molar-refractivity contribution in [3.05, 3.63) is 46.8 Å². The van der Waals surface area contributed by atoms with Crippen LogP contribution in [0, 0.1) is 0 Å². The van der Waals surface area contributed by atoms with Gasteiger partial charge in [-0.15, -0.1) is 11.8 Å². The number of hydrogen-bond donors (Lipinski definition) is 0. The average Bonchev–Trinajstić information content (AvgIpc) is 3.02. The molecule has 0 saturated carbocycles. The number of rotatable bonds is 4. The van der Waals surface area contributed by atoms with Gasteiger partial charge in [0.2, 0.25) is 0 Å². The summed E-state index contributed by atoms with van der Waals surface area (Å²) in [5.74, 6) is 2.28. The van der Waals surface area contributed by atoms with Crippen molar-refractivity contribution in [2.24, 2.45) is 4.99 Å². The third-order valence-corrected chi connectivity index (χ3v) is 6.21. The van der Waals surface area contributed by atoms with Crippen molar-refractivity contribution in [2.45, 2.75) is 25.3 Å². The molecule has 0 fully saturated rings. The fourth-order valence-corrected chi connectivity index (χ4v) is 4.77. The minimum Gasteiger partial charge on any atom is -0.486 e. The third-order valence-electron chi connectivity index (χ3n) is 4.27. The van der Waals surface area contributed by atoms with E-state index in [0.717, 1.165) is 38.9 Å². The Balaban J connectivity index is 1.74. The summed E-state index contributed by atoms with van der Waals surface area (Å²) in [6.07, 6.45) is 0. The molecule has 1 aliphatic rings. The molecule has 0 unspecified atom stereocenters. The van der Waals surface area contributed by atoms with E-state index in [-0.39, 0.29) is 5.91 Å². The van der Waals surface area contributed by atoms with E-state index >= 15 is 0 Å². The molecular formula is C20H20N2O3S2. The summed E-state index contributed by atoms with van der Waals surface area (Å²) in [4.78, 5) is 18.9. The molecule has 0 aliphatic carbocycles. The van der Waals surface area contributed by atoms with Gasteiger partial charge < -0.3 is 14.0 Å². The smallest absolute Gasteiger partial charge is 0.279 e. The summed E-state index contributed by atoms with van der Waals surface area (Å²) < 4.78 is 14.4. The highest BCUT2D eigenvalue weighted by Crippen LogP contribution is 2.35. The molecule has 0 saturated heterocycles. The van der Waals surface area contributed by atoms with E-state index in [9.17, 15) is 4.79 Å². The van der Waals surface area contributed by atoms with Crippen molar-refractivity contribution in [1.82, 2.24) is 4.57 Å². The van der Waals surface area contributed by atoms with Crippen LogP contribution in [-0.2, 0) is 6.54 Å². The summed E-state index contributed by atoms with van der Waals surface area (Å²) in [5.41, 5.74) is 1.61. The number of carbonyl (C=O) groups excluding carboxylic acids is 1. The van der Waals surface area contributed by atoms with Gasteiger partial charge >= 0.3 is 0 Å². The van der Waals surface area contributed by atoms with Crippen LogP contribution in [-0.4, -0.2) is 29.4 Å². The maximum absolute atomic E-state index is 12.7. The second kappa shape index (κ2) is 7.78. The van der Waals surface area contributed by atoms with E-state index in [1.165, 1.54) is 11.3 Å². The summed E-state index contributed by atoms with van der Waals surface area (Å²) in [5, 5.41) is 0. The molecule has 2 heterocycles. The quantitative estimate of drug-likeness (QED) is 0.611. The number of thioether (sulfide) groups is 1. The first-order valence-corrected chi connectivity index (χ1v) is 10.7. The van der Waals surface area contributed by atoms with Crippen LogP contribution in [0.3, 0.4) is 0 Å². The van der Waals surface area contributed by atoms with Crippen LogP contribution in [0.25, 0.3) is 10.2 Å². The number of hydrogen-bond acceptors (Lipinski definition) is 5. The van der Waals surface area contributed by atoms with Gasteiger partial charge in [0.25, 0.3) is 5.91 Å². The predicted molar refractivity (Wildman–Crippen MR) is 109 cm³/mol. The van der Waals surface area contributed by atoms with Crippen LogP contribution in [0.4, 0.5) is 0 Å². The Morgan fingerprint density at radius 3 is 2.52 bits per heavy atom. The minimum atomic E-state index is -0.228. The Kier molecular flexibility index (Phi) is 5.22. The molecule has 0 radical (unpaired) electrons. The van der Waals surface area contributed by atoms with E-state index in [1.54, 1.807) is 11.8 Å². The Bertz CT molecular complexity index is 1050. The standard InChI is InChI=1S/C20H20N2O3S2/c1-3-22-15-11-16-17(25-10-9-24-16)12-18(15)27-20(22)21-19(23)13-5-7-14(8-6-13)26-4-2/h5-8,11-12H,3-4,9-10H2,1-2H3. The number of fused-ring (bicyclic) bond motifs is 2. The lowest BCUT2D eigenvalue weighted by Crippen LogP contribution is -2.17. The molecule has 1 aliphatic heterocycles. The van der Waals surface area contributed by atoms with Crippen molar-refractivity contribution in [3.8, 4) is 11.5 Å². The fourth-order valence-electron chi connectivity index (χ4n) is 3.01. The molecular weight excluding hydrogens is 380 g/mol. The lowest BCUT2D eigenvalue weighted by Gasteiger charge is -2.18. The van der Waals surface area contributed by atoms with Gasteiger partial charge in [-0.2, -0.15) is 4.99 Å². The van der Waals surface area contributed by atoms with Crippen molar-refractivity contribution in [3.63, 3.8) is 0 Å². The van der Waals surface area contributed by atoms with Crippen LogP contribution in [0.1, 0.15) is 24.2 Å². The van der Waals surface area contributed by atoms with E-state index < -0.39 is 0 Å². The van der Waals surface area contributed by atoms with Crippen molar-refractivity contribution >= 4 is 39.2 Å². The van der Waals surface area contributed by atoms with Crippen molar-refractivity contribution in [2.75, 3.05) is 19.0 Å². The largest absolute Gasteiger partial charge is 0.486 e. The Morgan fingerprint density at radius 1 is 1.15 bits per heavy atom. The van der Waals surface area contributed by atoms with E-state index in [1.807, 2.05) is 47.9 Å². The number of amides is 1. The first-order valence-electron chi connectivity index (χ1n) is 8.94. The highest BCUT2D eigenvalue weighted by Gasteiger charge is 2.16. The number of nitrogens with zero attached hydrogens (tertiary/aromatic N) is 2. The van der Waals surface area contributed by atoms with Crippen molar-refractivity contribution in [1.29, 1.82) is 0 Å². The summed E-state index contributed by atoms with van der Waals surface area (Å²) in [6.45, 7) is 5.98. The van der Waals surface area contributed by atoms with Gasteiger partial charge in [0, 0.05) is 29.1 Å². The molecule has 0 spiro atoms. The zero-order valence-electron chi connectivity index (χ0n) is 15.2. The van der Waals surface area contributed by atoms with Gasteiger partial charge in [-0.25, -0.2) is 0 Å². The monoisotopic (exact) mass is 400 g/mol. The maximum Gasteiger partial charge on any atom is 0.279 e.